The lowest BCUT2D eigenvalue weighted by Crippen LogP contribution is -2.46. The normalized spacial score (nSPS) is 14.8. The molecule has 3 rings (SSSR count). The minimum absolute atomic E-state index is 0.0592. The van der Waals surface area contributed by atoms with Gasteiger partial charge in [-0.3, -0.25) is 9.59 Å². The molecule has 1 heterocycles. The fourth-order valence-corrected chi connectivity index (χ4v) is 3.33. The highest BCUT2D eigenvalue weighted by Crippen LogP contribution is 2.35. The van der Waals surface area contributed by atoms with Gasteiger partial charge in [0.15, 0.2) is 17.2 Å². The molecule has 1 saturated heterocycles. The van der Waals surface area contributed by atoms with Crippen LogP contribution in [0.15, 0.2) is 41.3 Å². The molecule has 0 aromatic heterocycles. The van der Waals surface area contributed by atoms with Crippen LogP contribution in [0.3, 0.4) is 0 Å². The number of benzene rings is 2. The number of hydrogen-bond donors (Lipinski definition) is 5. The van der Waals surface area contributed by atoms with Crippen molar-refractivity contribution in [1.82, 2.24) is 10.2 Å². The summed E-state index contributed by atoms with van der Waals surface area (Å²) >= 11 is 4.29. The SMILES string of the molecule is O=C(NC1CCN(C(=O)c2cc(O)c(O)c(O)c2)CC1)c1ccccc1S. The Morgan fingerprint density at radius 3 is 2.22 bits per heavy atom. The van der Waals surface area contributed by atoms with Crippen LogP contribution in [0.4, 0.5) is 0 Å². The summed E-state index contributed by atoms with van der Waals surface area (Å²) < 4.78 is 0. The minimum Gasteiger partial charge on any atom is -0.504 e. The zero-order valence-electron chi connectivity index (χ0n) is 14.4. The zero-order valence-corrected chi connectivity index (χ0v) is 15.3. The number of phenols is 3. The number of carbonyl (C=O) groups is 2. The van der Waals surface area contributed by atoms with Crippen molar-refractivity contribution < 1.29 is 24.9 Å². The van der Waals surface area contributed by atoms with E-state index >= 15 is 0 Å². The van der Waals surface area contributed by atoms with Gasteiger partial charge in [-0.2, -0.15) is 0 Å². The summed E-state index contributed by atoms with van der Waals surface area (Å²) in [7, 11) is 0. The number of hydrogen-bond acceptors (Lipinski definition) is 6. The van der Waals surface area contributed by atoms with E-state index in [-0.39, 0.29) is 23.4 Å². The summed E-state index contributed by atoms with van der Waals surface area (Å²) in [4.78, 5) is 27.1. The lowest BCUT2D eigenvalue weighted by Gasteiger charge is -2.32. The smallest absolute Gasteiger partial charge is 0.254 e. The predicted octanol–water partition coefficient (Wildman–Crippen LogP) is 2.13. The van der Waals surface area contributed by atoms with Crippen LogP contribution in [0.2, 0.25) is 0 Å². The Morgan fingerprint density at radius 1 is 1.04 bits per heavy atom. The lowest BCUT2D eigenvalue weighted by atomic mass is 10.0. The Morgan fingerprint density at radius 2 is 1.63 bits per heavy atom. The minimum atomic E-state index is -0.655. The van der Waals surface area contributed by atoms with Crippen molar-refractivity contribution in [1.29, 1.82) is 0 Å². The van der Waals surface area contributed by atoms with Crippen LogP contribution in [0.5, 0.6) is 17.2 Å². The van der Waals surface area contributed by atoms with Crippen LogP contribution >= 0.6 is 12.6 Å². The van der Waals surface area contributed by atoms with E-state index < -0.39 is 17.2 Å². The van der Waals surface area contributed by atoms with E-state index in [2.05, 4.69) is 17.9 Å². The first-order chi connectivity index (χ1) is 12.9. The third kappa shape index (κ3) is 4.11. The first kappa shape index (κ1) is 18.9. The molecule has 2 aromatic rings. The van der Waals surface area contributed by atoms with Crippen molar-refractivity contribution in [2.45, 2.75) is 23.8 Å². The number of amides is 2. The highest BCUT2D eigenvalue weighted by atomic mass is 32.1. The second-order valence-electron chi connectivity index (χ2n) is 6.42. The van der Waals surface area contributed by atoms with Crippen molar-refractivity contribution in [2.24, 2.45) is 0 Å². The van der Waals surface area contributed by atoms with Crippen molar-refractivity contribution in [3.8, 4) is 17.2 Å². The molecule has 142 valence electrons. The molecule has 0 saturated carbocycles. The van der Waals surface area contributed by atoms with E-state index in [0.29, 0.717) is 36.4 Å². The van der Waals surface area contributed by atoms with Gasteiger partial charge >= 0.3 is 0 Å². The monoisotopic (exact) mass is 388 g/mol. The van der Waals surface area contributed by atoms with E-state index in [0.717, 1.165) is 12.1 Å². The van der Waals surface area contributed by atoms with Gasteiger partial charge in [-0.05, 0) is 37.1 Å². The second kappa shape index (κ2) is 7.79. The number of carbonyl (C=O) groups excluding carboxylic acids is 2. The van der Waals surface area contributed by atoms with Crippen LogP contribution in [0.1, 0.15) is 33.6 Å². The number of aromatic hydroxyl groups is 3. The van der Waals surface area contributed by atoms with E-state index in [4.69, 9.17) is 0 Å². The van der Waals surface area contributed by atoms with Crippen LogP contribution in [0.25, 0.3) is 0 Å². The maximum absolute atomic E-state index is 12.5. The fraction of sp³-hybridized carbons (Fsp3) is 0.263. The van der Waals surface area contributed by atoms with Crippen LogP contribution in [-0.2, 0) is 0 Å². The third-order valence-electron chi connectivity index (χ3n) is 4.58. The number of piperidine rings is 1. The van der Waals surface area contributed by atoms with E-state index in [9.17, 15) is 24.9 Å². The molecule has 0 atom stereocenters. The topological polar surface area (TPSA) is 110 Å². The quantitative estimate of drug-likeness (QED) is 0.409. The van der Waals surface area contributed by atoms with Crippen molar-refractivity contribution in [2.75, 3.05) is 13.1 Å². The summed E-state index contributed by atoms with van der Waals surface area (Å²) in [5.74, 6) is -2.31. The van der Waals surface area contributed by atoms with Crippen LogP contribution in [-0.4, -0.2) is 51.2 Å². The Labute approximate surface area is 161 Å². The van der Waals surface area contributed by atoms with Crippen molar-refractivity contribution in [3.63, 3.8) is 0 Å². The number of likely N-dealkylation sites (tertiary alicyclic amines) is 1. The Hall–Kier alpha value is -2.87. The van der Waals surface area contributed by atoms with Crippen molar-refractivity contribution >= 4 is 24.4 Å². The van der Waals surface area contributed by atoms with Crippen LogP contribution in [0, 0.1) is 0 Å². The summed E-state index contributed by atoms with van der Waals surface area (Å²) in [6.45, 7) is 0.851. The molecule has 1 aliphatic rings. The number of thiol groups is 1. The molecule has 0 radical (unpaired) electrons. The average molecular weight is 388 g/mol. The zero-order chi connectivity index (χ0) is 19.6. The molecular formula is C19H20N2O5S. The first-order valence-corrected chi connectivity index (χ1v) is 8.94. The van der Waals surface area contributed by atoms with Gasteiger partial charge in [0, 0.05) is 29.6 Å². The molecule has 1 fully saturated rings. The Kier molecular flexibility index (Phi) is 5.46. The summed E-state index contributed by atoms with van der Waals surface area (Å²) in [6, 6.07) is 9.22. The lowest BCUT2D eigenvalue weighted by molar-refractivity contribution is 0.0697. The highest BCUT2D eigenvalue weighted by molar-refractivity contribution is 7.80. The van der Waals surface area contributed by atoms with Crippen LogP contribution < -0.4 is 5.32 Å². The fourth-order valence-electron chi connectivity index (χ4n) is 3.07. The van der Waals surface area contributed by atoms with E-state index in [1.165, 1.54) is 0 Å². The number of nitrogens with one attached hydrogen (secondary N) is 1. The van der Waals surface area contributed by atoms with Gasteiger partial charge in [-0.25, -0.2) is 0 Å². The molecular weight excluding hydrogens is 368 g/mol. The Balaban J connectivity index is 1.59. The van der Waals surface area contributed by atoms with Gasteiger partial charge < -0.3 is 25.5 Å². The third-order valence-corrected chi connectivity index (χ3v) is 4.97. The number of rotatable bonds is 3. The molecule has 1 aliphatic heterocycles. The number of nitrogens with zero attached hydrogens (tertiary/aromatic N) is 1. The molecule has 4 N–H and O–H groups in total. The molecule has 0 aliphatic carbocycles. The molecule has 0 unspecified atom stereocenters. The number of phenolic OH excluding ortho intramolecular Hbond substituents is 3. The second-order valence-corrected chi connectivity index (χ2v) is 6.90. The molecule has 2 aromatic carbocycles. The molecule has 27 heavy (non-hydrogen) atoms. The standard InChI is InChI=1S/C19H20N2O5S/c22-14-9-11(10-15(23)17(14)24)19(26)21-7-5-12(6-8-21)20-18(25)13-3-1-2-4-16(13)27/h1-4,9-10,12,22-24,27H,5-8H2,(H,20,25). The van der Waals surface area contributed by atoms with Gasteiger partial charge in [-0.1, -0.05) is 12.1 Å². The van der Waals surface area contributed by atoms with Crippen molar-refractivity contribution in [3.05, 3.63) is 47.5 Å². The maximum Gasteiger partial charge on any atom is 0.254 e. The Bertz CT molecular complexity index is 855. The largest absolute Gasteiger partial charge is 0.504 e. The highest BCUT2D eigenvalue weighted by Gasteiger charge is 2.26. The van der Waals surface area contributed by atoms with E-state index in [1.54, 1.807) is 23.1 Å². The molecule has 0 bridgehead atoms. The van der Waals surface area contributed by atoms with Gasteiger partial charge in [0.25, 0.3) is 11.8 Å². The molecule has 8 heteroatoms. The summed E-state index contributed by atoms with van der Waals surface area (Å²) in [5.41, 5.74) is 0.601. The molecule has 0 spiro atoms. The van der Waals surface area contributed by atoms with Gasteiger partial charge in [0.2, 0.25) is 0 Å². The predicted molar refractivity (Wildman–Crippen MR) is 102 cm³/mol. The average Bonchev–Trinajstić information content (AvgIpc) is 2.66. The summed E-state index contributed by atoms with van der Waals surface area (Å²) in [5, 5.41) is 31.5. The first-order valence-electron chi connectivity index (χ1n) is 8.50. The van der Waals surface area contributed by atoms with Gasteiger partial charge in [0.1, 0.15) is 0 Å². The molecule has 7 nitrogen and oxygen atoms in total. The van der Waals surface area contributed by atoms with Gasteiger partial charge in [-0.15, -0.1) is 12.6 Å². The summed E-state index contributed by atoms with van der Waals surface area (Å²) in [6.07, 6.45) is 1.17. The molecule has 2 amide bonds. The maximum atomic E-state index is 12.5. The van der Waals surface area contributed by atoms with Gasteiger partial charge in [0.05, 0.1) is 5.56 Å². The van der Waals surface area contributed by atoms with E-state index in [1.807, 2.05) is 6.07 Å².